The lowest BCUT2D eigenvalue weighted by atomic mass is 10.2. The van der Waals surface area contributed by atoms with Crippen molar-refractivity contribution in [1.82, 2.24) is 10.2 Å². The van der Waals surface area contributed by atoms with Crippen molar-refractivity contribution >= 4 is 15.7 Å². The van der Waals surface area contributed by atoms with Gasteiger partial charge in [0.2, 0.25) is 5.91 Å². The molecule has 0 saturated carbocycles. The lowest BCUT2D eigenvalue weighted by Crippen LogP contribution is -2.48. The largest absolute Gasteiger partial charge is 0.373 e. The number of likely N-dealkylation sites (N-methyl/N-ethyl adjacent to an activating group) is 1. The number of carbonyl (C=O) groups excluding carboxylic acids is 1. The third kappa shape index (κ3) is 5.47. The summed E-state index contributed by atoms with van der Waals surface area (Å²) in [6.45, 7) is 2.28. The van der Waals surface area contributed by atoms with E-state index in [0.29, 0.717) is 26.2 Å². The number of nitrogens with zero attached hydrogens (tertiary/aromatic N) is 1. The zero-order valence-electron chi connectivity index (χ0n) is 10.3. The maximum Gasteiger partial charge on any atom is 0.223 e. The molecule has 1 N–H and O–H groups in total. The smallest absolute Gasteiger partial charge is 0.223 e. The minimum Gasteiger partial charge on any atom is -0.373 e. The minimum atomic E-state index is -3.07. The van der Waals surface area contributed by atoms with Crippen LogP contribution in [0.25, 0.3) is 0 Å². The molecule has 7 heteroatoms. The Morgan fingerprint density at radius 1 is 1.53 bits per heavy atom. The Morgan fingerprint density at radius 2 is 2.24 bits per heavy atom. The molecule has 1 heterocycles. The van der Waals surface area contributed by atoms with Gasteiger partial charge in [-0.15, -0.1) is 0 Å². The Hall–Kier alpha value is -0.660. The molecule has 100 valence electrons. The van der Waals surface area contributed by atoms with Gasteiger partial charge in [-0.3, -0.25) is 4.79 Å². The van der Waals surface area contributed by atoms with Crippen LogP contribution in [0.4, 0.5) is 0 Å². The molecule has 1 amide bonds. The highest BCUT2D eigenvalue weighted by molar-refractivity contribution is 7.90. The van der Waals surface area contributed by atoms with Gasteiger partial charge in [0.05, 0.1) is 18.5 Å². The van der Waals surface area contributed by atoms with E-state index in [2.05, 4.69) is 5.32 Å². The molecule has 1 rings (SSSR count). The predicted molar refractivity (Wildman–Crippen MR) is 64.6 cm³/mol. The first-order valence-corrected chi connectivity index (χ1v) is 7.70. The van der Waals surface area contributed by atoms with E-state index in [9.17, 15) is 13.2 Å². The summed E-state index contributed by atoms with van der Waals surface area (Å²) in [7, 11) is -1.25. The summed E-state index contributed by atoms with van der Waals surface area (Å²) in [4.78, 5) is 13.5. The fourth-order valence-corrected chi connectivity index (χ4v) is 2.27. The molecule has 0 aromatic heterocycles. The molecule has 0 bridgehead atoms. The number of hydrogen-bond acceptors (Lipinski definition) is 5. The summed E-state index contributed by atoms with van der Waals surface area (Å²) in [5, 5.41) is 2.99. The third-order valence-corrected chi connectivity index (χ3v) is 3.56. The van der Waals surface area contributed by atoms with Crippen molar-refractivity contribution in [2.45, 2.75) is 12.5 Å². The van der Waals surface area contributed by atoms with Crippen LogP contribution >= 0.6 is 0 Å². The second kappa shape index (κ2) is 6.32. The monoisotopic (exact) mass is 264 g/mol. The fraction of sp³-hybridized carbons (Fsp3) is 0.900. The summed E-state index contributed by atoms with van der Waals surface area (Å²) in [6.07, 6.45) is 1.20. The van der Waals surface area contributed by atoms with Gasteiger partial charge in [-0.05, 0) is 7.05 Å². The first-order valence-electron chi connectivity index (χ1n) is 5.64. The highest BCUT2D eigenvalue weighted by Gasteiger charge is 2.24. The van der Waals surface area contributed by atoms with Crippen LogP contribution in [0.15, 0.2) is 0 Å². The number of rotatable bonds is 5. The van der Waals surface area contributed by atoms with E-state index in [0.717, 1.165) is 6.26 Å². The molecular weight excluding hydrogens is 244 g/mol. The van der Waals surface area contributed by atoms with Gasteiger partial charge >= 0.3 is 0 Å². The van der Waals surface area contributed by atoms with Gasteiger partial charge in [0.25, 0.3) is 0 Å². The third-order valence-electron chi connectivity index (χ3n) is 2.61. The quantitative estimate of drug-likeness (QED) is 0.680. The van der Waals surface area contributed by atoms with E-state index in [1.54, 1.807) is 4.90 Å². The van der Waals surface area contributed by atoms with E-state index < -0.39 is 9.84 Å². The van der Waals surface area contributed by atoms with Crippen molar-refractivity contribution in [3.8, 4) is 0 Å². The second-order valence-electron chi connectivity index (χ2n) is 4.27. The molecule has 6 nitrogen and oxygen atoms in total. The number of amides is 1. The molecule has 0 radical (unpaired) electrons. The second-order valence-corrected chi connectivity index (χ2v) is 6.53. The molecule has 1 fully saturated rings. The van der Waals surface area contributed by atoms with Crippen LogP contribution < -0.4 is 5.32 Å². The van der Waals surface area contributed by atoms with E-state index in [1.807, 2.05) is 7.05 Å². The van der Waals surface area contributed by atoms with Crippen LogP contribution in [0, 0.1) is 0 Å². The van der Waals surface area contributed by atoms with Crippen molar-refractivity contribution in [2.75, 3.05) is 45.3 Å². The molecule has 0 aromatic rings. The zero-order valence-corrected chi connectivity index (χ0v) is 11.1. The molecule has 1 unspecified atom stereocenters. The van der Waals surface area contributed by atoms with Crippen LogP contribution in [0.3, 0.4) is 0 Å². The van der Waals surface area contributed by atoms with Crippen LogP contribution in [0.1, 0.15) is 6.42 Å². The first-order chi connectivity index (χ1) is 7.92. The topological polar surface area (TPSA) is 75.7 Å². The molecule has 1 saturated heterocycles. The first kappa shape index (κ1) is 14.4. The van der Waals surface area contributed by atoms with Gasteiger partial charge in [0.15, 0.2) is 0 Å². The lowest BCUT2D eigenvalue weighted by Gasteiger charge is -2.33. The molecular formula is C10H20N2O4S. The number of sulfone groups is 1. The normalized spacial score (nSPS) is 21.5. The average molecular weight is 264 g/mol. The molecule has 1 aliphatic rings. The summed E-state index contributed by atoms with van der Waals surface area (Å²) in [6, 6.07) is 0. The number of nitrogens with one attached hydrogen (secondary N) is 1. The van der Waals surface area contributed by atoms with Crippen molar-refractivity contribution in [3.05, 3.63) is 0 Å². The number of ether oxygens (including phenoxy) is 1. The highest BCUT2D eigenvalue weighted by Crippen LogP contribution is 2.06. The Bertz CT molecular complexity index is 353. The van der Waals surface area contributed by atoms with Gasteiger partial charge in [0.1, 0.15) is 9.84 Å². The van der Waals surface area contributed by atoms with E-state index >= 15 is 0 Å². The molecule has 17 heavy (non-hydrogen) atoms. The standard InChI is InChI=1S/C10H20N2O4S/c1-11-7-9-8-12(4-5-16-9)10(13)3-6-17(2,14)15/h9,11H,3-8H2,1-2H3. The Kier molecular flexibility index (Phi) is 5.35. The van der Waals surface area contributed by atoms with Crippen LogP contribution in [0.5, 0.6) is 0 Å². The fourth-order valence-electron chi connectivity index (χ4n) is 1.73. The number of morpholine rings is 1. The van der Waals surface area contributed by atoms with Gasteiger partial charge in [-0.25, -0.2) is 8.42 Å². The molecule has 0 aliphatic carbocycles. The van der Waals surface area contributed by atoms with Crippen molar-refractivity contribution in [1.29, 1.82) is 0 Å². The number of hydrogen-bond donors (Lipinski definition) is 1. The van der Waals surface area contributed by atoms with Crippen molar-refractivity contribution < 1.29 is 17.9 Å². The molecule has 1 aliphatic heterocycles. The van der Waals surface area contributed by atoms with Crippen LogP contribution in [-0.2, 0) is 19.4 Å². The molecule has 0 spiro atoms. The zero-order chi connectivity index (χ0) is 12.9. The van der Waals surface area contributed by atoms with Gasteiger partial charge in [-0.1, -0.05) is 0 Å². The van der Waals surface area contributed by atoms with Gasteiger partial charge in [-0.2, -0.15) is 0 Å². The Morgan fingerprint density at radius 3 is 2.82 bits per heavy atom. The van der Waals surface area contributed by atoms with Gasteiger partial charge < -0.3 is 15.0 Å². The predicted octanol–water partition coefficient (Wildman–Crippen LogP) is -1.13. The molecule has 1 atom stereocenters. The Labute approximate surface area is 102 Å². The minimum absolute atomic E-state index is 0.00377. The Balaban J connectivity index is 2.41. The average Bonchev–Trinajstić information content (AvgIpc) is 2.26. The summed E-state index contributed by atoms with van der Waals surface area (Å²) in [5.41, 5.74) is 0. The molecule has 0 aromatic carbocycles. The SMILES string of the molecule is CNCC1CN(C(=O)CCS(C)(=O)=O)CCO1. The van der Waals surface area contributed by atoms with Crippen molar-refractivity contribution in [2.24, 2.45) is 0 Å². The number of carbonyl (C=O) groups is 1. The summed E-state index contributed by atoms with van der Waals surface area (Å²) >= 11 is 0. The van der Waals surface area contributed by atoms with Crippen LogP contribution in [-0.4, -0.2) is 70.6 Å². The van der Waals surface area contributed by atoms with E-state index in [1.165, 1.54) is 0 Å². The summed E-state index contributed by atoms with van der Waals surface area (Å²) < 4.78 is 27.4. The maximum atomic E-state index is 11.8. The maximum absolute atomic E-state index is 11.8. The highest BCUT2D eigenvalue weighted by atomic mass is 32.2. The van der Waals surface area contributed by atoms with Gasteiger partial charge in [0, 0.05) is 32.3 Å². The van der Waals surface area contributed by atoms with Crippen LogP contribution in [0.2, 0.25) is 0 Å². The van der Waals surface area contributed by atoms with E-state index in [-0.39, 0.29) is 24.2 Å². The summed E-state index contributed by atoms with van der Waals surface area (Å²) in [5.74, 6) is -0.195. The lowest BCUT2D eigenvalue weighted by molar-refractivity contribution is -0.138. The van der Waals surface area contributed by atoms with Crippen molar-refractivity contribution in [3.63, 3.8) is 0 Å². The van der Waals surface area contributed by atoms with E-state index in [4.69, 9.17) is 4.74 Å².